The SMILES string of the molecule is Cn1cnc(CCNCCO)n1. The van der Waals surface area contributed by atoms with E-state index in [1.165, 1.54) is 0 Å². The molecule has 68 valence electrons. The van der Waals surface area contributed by atoms with Gasteiger partial charge in [0.1, 0.15) is 6.33 Å². The lowest BCUT2D eigenvalue weighted by atomic mass is 10.4. The van der Waals surface area contributed by atoms with E-state index in [4.69, 9.17) is 5.11 Å². The number of nitrogens with zero attached hydrogens (tertiary/aromatic N) is 3. The summed E-state index contributed by atoms with van der Waals surface area (Å²) in [5.41, 5.74) is 0. The second kappa shape index (κ2) is 4.84. The summed E-state index contributed by atoms with van der Waals surface area (Å²) in [5, 5.41) is 15.6. The van der Waals surface area contributed by atoms with Gasteiger partial charge in [-0.15, -0.1) is 0 Å². The van der Waals surface area contributed by atoms with Crippen LogP contribution in [-0.2, 0) is 13.5 Å². The van der Waals surface area contributed by atoms with Gasteiger partial charge in [-0.1, -0.05) is 0 Å². The second-order valence-electron chi connectivity index (χ2n) is 2.56. The van der Waals surface area contributed by atoms with Gasteiger partial charge >= 0.3 is 0 Å². The first kappa shape index (κ1) is 9.15. The van der Waals surface area contributed by atoms with Crippen molar-refractivity contribution < 1.29 is 5.11 Å². The van der Waals surface area contributed by atoms with Crippen LogP contribution in [0, 0.1) is 0 Å². The van der Waals surface area contributed by atoms with Gasteiger partial charge in [0.05, 0.1) is 6.61 Å². The third kappa shape index (κ3) is 2.98. The minimum absolute atomic E-state index is 0.176. The van der Waals surface area contributed by atoms with Gasteiger partial charge in [-0.25, -0.2) is 4.98 Å². The van der Waals surface area contributed by atoms with E-state index in [0.717, 1.165) is 18.8 Å². The molecule has 0 atom stereocenters. The van der Waals surface area contributed by atoms with Gasteiger partial charge in [0.15, 0.2) is 5.82 Å². The largest absolute Gasteiger partial charge is 0.395 e. The fraction of sp³-hybridized carbons (Fsp3) is 0.714. The molecule has 1 aromatic rings. The highest BCUT2D eigenvalue weighted by Gasteiger charge is 1.96. The van der Waals surface area contributed by atoms with Crippen molar-refractivity contribution in [1.82, 2.24) is 20.1 Å². The monoisotopic (exact) mass is 170 g/mol. The molecule has 0 unspecified atom stereocenters. The van der Waals surface area contributed by atoms with E-state index in [-0.39, 0.29) is 6.61 Å². The first-order valence-electron chi connectivity index (χ1n) is 3.99. The Bertz CT molecular complexity index is 223. The van der Waals surface area contributed by atoms with Crippen molar-refractivity contribution >= 4 is 0 Å². The van der Waals surface area contributed by atoms with Gasteiger partial charge in [-0.2, -0.15) is 5.10 Å². The number of rotatable bonds is 5. The molecule has 0 aliphatic carbocycles. The maximum atomic E-state index is 8.47. The highest BCUT2D eigenvalue weighted by atomic mass is 16.3. The summed E-state index contributed by atoms with van der Waals surface area (Å²) in [4.78, 5) is 4.06. The van der Waals surface area contributed by atoms with Crippen LogP contribution in [-0.4, -0.2) is 39.6 Å². The molecule has 5 nitrogen and oxygen atoms in total. The Morgan fingerprint density at radius 2 is 2.42 bits per heavy atom. The van der Waals surface area contributed by atoms with E-state index in [1.807, 2.05) is 7.05 Å². The number of aromatic nitrogens is 3. The van der Waals surface area contributed by atoms with E-state index in [2.05, 4.69) is 15.4 Å². The van der Waals surface area contributed by atoms with Crippen LogP contribution in [0.2, 0.25) is 0 Å². The first-order valence-corrected chi connectivity index (χ1v) is 3.99. The van der Waals surface area contributed by atoms with Crippen molar-refractivity contribution in [3.05, 3.63) is 12.2 Å². The predicted molar refractivity (Wildman–Crippen MR) is 44.7 cm³/mol. The zero-order valence-electron chi connectivity index (χ0n) is 7.19. The zero-order chi connectivity index (χ0) is 8.81. The number of hydrogen-bond acceptors (Lipinski definition) is 4. The molecule has 2 N–H and O–H groups in total. The number of nitrogens with one attached hydrogen (secondary N) is 1. The lowest BCUT2D eigenvalue weighted by Crippen LogP contribution is -2.21. The second-order valence-corrected chi connectivity index (χ2v) is 2.56. The molecule has 0 aliphatic heterocycles. The van der Waals surface area contributed by atoms with Crippen LogP contribution in [0.5, 0.6) is 0 Å². The Kier molecular flexibility index (Phi) is 3.69. The van der Waals surface area contributed by atoms with Crippen LogP contribution in [0.25, 0.3) is 0 Å². The molecule has 0 aliphatic rings. The fourth-order valence-corrected chi connectivity index (χ4v) is 0.903. The Labute approximate surface area is 71.4 Å². The summed E-state index contributed by atoms with van der Waals surface area (Å²) < 4.78 is 1.68. The van der Waals surface area contributed by atoms with Crippen LogP contribution in [0.3, 0.4) is 0 Å². The molecule has 0 saturated heterocycles. The maximum absolute atomic E-state index is 8.47. The normalized spacial score (nSPS) is 10.5. The highest BCUT2D eigenvalue weighted by Crippen LogP contribution is 1.87. The Morgan fingerprint density at radius 1 is 1.58 bits per heavy atom. The smallest absolute Gasteiger partial charge is 0.151 e. The summed E-state index contributed by atoms with van der Waals surface area (Å²) in [6.07, 6.45) is 2.49. The number of aliphatic hydroxyl groups is 1. The van der Waals surface area contributed by atoms with Gasteiger partial charge in [0.2, 0.25) is 0 Å². The topological polar surface area (TPSA) is 63.0 Å². The average molecular weight is 170 g/mol. The minimum Gasteiger partial charge on any atom is -0.395 e. The highest BCUT2D eigenvalue weighted by molar-refractivity contribution is 4.81. The summed E-state index contributed by atoms with van der Waals surface area (Å²) in [6, 6.07) is 0. The van der Waals surface area contributed by atoms with Crippen LogP contribution in [0.4, 0.5) is 0 Å². The molecular weight excluding hydrogens is 156 g/mol. The zero-order valence-corrected chi connectivity index (χ0v) is 7.19. The van der Waals surface area contributed by atoms with E-state index in [0.29, 0.717) is 6.54 Å². The molecular formula is C7H14N4O. The number of hydrogen-bond donors (Lipinski definition) is 2. The van der Waals surface area contributed by atoms with Crippen LogP contribution in [0.1, 0.15) is 5.82 Å². The summed E-state index contributed by atoms with van der Waals surface area (Å²) >= 11 is 0. The van der Waals surface area contributed by atoms with E-state index in [1.54, 1.807) is 11.0 Å². The molecule has 1 rings (SSSR count). The minimum atomic E-state index is 0.176. The van der Waals surface area contributed by atoms with Crippen molar-refractivity contribution in [2.45, 2.75) is 6.42 Å². The van der Waals surface area contributed by atoms with Gasteiger partial charge in [-0.05, 0) is 0 Å². The molecule has 0 spiro atoms. The third-order valence-corrected chi connectivity index (χ3v) is 1.46. The van der Waals surface area contributed by atoms with Gasteiger partial charge in [0.25, 0.3) is 0 Å². The molecule has 0 fully saturated rings. The van der Waals surface area contributed by atoms with Crippen molar-refractivity contribution in [1.29, 1.82) is 0 Å². The summed E-state index contributed by atoms with van der Waals surface area (Å²) in [7, 11) is 1.84. The lowest BCUT2D eigenvalue weighted by Gasteiger charge is -1.98. The Hall–Kier alpha value is -0.940. The molecule has 0 saturated carbocycles. The van der Waals surface area contributed by atoms with Crippen molar-refractivity contribution in [2.75, 3.05) is 19.7 Å². The van der Waals surface area contributed by atoms with Crippen molar-refractivity contribution in [3.63, 3.8) is 0 Å². The van der Waals surface area contributed by atoms with Crippen molar-refractivity contribution in [2.24, 2.45) is 7.05 Å². The molecule has 5 heteroatoms. The number of aliphatic hydroxyl groups excluding tert-OH is 1. The molecule has 1 aromatic heterocycles. The molecule has 12 heavy (non-hydrogen) atoms. The maximum Gasteiger partial charge on any atom is 0.151 e. The van der Waals surface area contributed by atoms with Gasteiger partial charge < -0.3 is 10.4 Å². The van der Waals surface area contributed by atoms with Crippen LogP contribution in [0.15, 0.2) is 6.33 Å². The molecule has 0 amide bonds. The van der Waals surface area contributed by atoms with Gasteiger partial charge in [-0.3, -0.25) is 4.68 Å². The van der Waals surface area contributed by atoms with Crippen LogP contribution >= 0.6 is 0 Å². The average Bonchev–Trinajstić information content (AvgIpc) is 2.45. The lowest BCUT2D eigenvalue weighted by molar-refractivity contribution is 0.292. The van der Waals surface area contributed by atoms with Gasteiger partial charge in [0, 0.05) is 26.6 Å². The Balaban J connectivity index is 2.15. The van der Waals surface area contributed by atoms with E-state index >= 15 is 0 Å². The summed E-state index contributed by atoms with van der Waals surface area (Å²) in [6.45, 7) is 1.62. The standard InChI is InChI=1S/C7H14N4O/c1-11-6-9-7(10-11)2-3-8-4-5-12/h6,8,12H,2-5H2,1H3. The van der Waals surface area contributed by atoms with Crippen LogP contribution < -0.4 is 5.32 Å². The van der Waals surface area contributed by atoms with E-state index < -0.39 is 0 Å². The molecule has 0 radical (unpaired) electrons. The number of aryl methyl sites for hydroxylation is 1. The van der Waals surface area contributed by atoms with E-state index in [9.17, 15) is 0 Å². The molecule has 0 bridgehead atoms. The fourth-order valence-electron chi connectivity index (χ4n) is 0.903. The van der Waals surface area contributed by atoms with Crippen molar-refractivity contribution in [3.8, 4) is 0 Å². The molecule has 1 heterocycles. The third-order valence-electron chi connectivity index (χ3n) is 1.46. The quantitative estimate of drug-likeness (QED) is 0.553. The first-order chi connectivity index (χ1) is 5.83. The molecule has 0 aromatic carbocycles. The Morgan fingerprint density at radius 3 is 3.00 bits per heavy atom. The predicted octanol–water partition coefficient (Wildman–Crippen LogP) is -1.06. The summed E-state index contributed by atoms with van der Waals surface area (Å²) in [5.74, 6) is 0.836.